The zero-order chi connectivity index (χ0) is 24.9. The third kappa shape index (κ3) is 6.69. The van der Waals surface area contributed by atoms with Gasteiger partial charge in [-0.3, -0.25) is 14.5 Å². The van der Waals surface area contributed by atoms with Crippen LogP contribution in [-0.4, -0.2) is 28.8 Å². The van der Waals surface area contributed by atoms with Crippen molar-refractivity contribution in [2.24, 2.45) is 11.8 Å². The molecule has 0 radical (unpaired) electrons. The van der Waals surface area contributed by atoms with Crippen molar-refractivity contribution in [1.29, 1.82) is 0 Å². The van der Waals surface area contributed by atoms with E-state index in [2.05, 4.69) is 18.7 Å². The Labute approximate surface area is 198 Å². The van der Waals surface area contributed by atoms with Gasteiger partial charge in [0.25, 0.3) is 0 Å². The topological polar surface area (TPSA) is 57.6 Å². The number of rotatable bonds is 9. The summed E-state index contributed by atoms with van der Waals surface area (Å²) < 4.78 is 39.4. The van der Waals surface area contributed by atoms with Crippen LogP contribution in [0.15, 0.2) is 48.5 Å². The summed E-state index contributed by atoms with van der Waals surface area (Å²) in [6.45, 7) is 4.96. The van der Waals surface area contributed by atoms with E-state index in [1.165, 1.54) is 12.1 Å². The van der Waals surface area contributed by atoms with Crippen LogP contribution in [0, 0.1) is 11.8 Å². The number of alkyl halides is 3. The van der Waals surface area contributed by atoms with Crippen LogP contribution in [0.25, 0.3) is 0 Å². The fraction of sp³-hybridized carbons (Fsp3) is 0.481. The van der Waals surface area contributed by atoms with E-state index >= 15 is 0 Å². The first-order valence-electron chi connectivity index (χ1n) is 11.8. The average molecular weight is 476 g/mol. The van der Waals surface area contributed by atoms with Gasteiger partial charge in [0, 0.05) is 24.1 Å². The molecule has 3 atom stereocenters. The van der Waals surface area contributed by atoms with Gasteiger partial charge in [0.15, 0.2) is 0 Å². The van der Waals surface area contributed by atoms with Crippen molar-refractivity contribution in [2.75, 3.05) is 6.54 Å². The van der Waals surface area contributed by atoms with E-state index in [1.54, 1.807) is 12.1 Å². The Bertz CT molecular complexity index is 955. The Morgan fingerprint density at radius 1 is 1.09 bits per heavy atom. The molecule has 1 fully saturated rings. The second-order valence-electron chi connectivity index (χ2n) is 9.63. The maximum absolute atomic E-state index is 13.1. The van der Waals surface area contributed by atoms with Gasteiger partial charge in [-0.25, -0.2) is 0 Å². The van der Waals surface area contributed by atoms with Crippen LogP contribution in [0.2, 0.25) is 0 Å². The van der Waals surface area contributed by atoms with Crippen LogP contribution >= 0.6 is 0 Å². The maximum Gasteiger partial charge on any atom is 0.416 e. The highest BCUT2D eigenvalue weighted by Gasteiger charge is 2.36. The third-order valence-electron chi connectivity index (χ3n) is 6.71. The van der Waals surface area contributed by atoms with Gasteiger partial charge in [0.2, 0.25) is 0 Å². The number of carboxylic acids is 1. The number of nitrogens with zero attached hydrogens (tertiary/aromatic N) is 1. The van der Waals surface area contributed by atoms with Crippen LogP contribution in [0.3, 0.4) is 0 Å². The minimum absolute atomic E-state index is 0.0150. The smallest absolute Gasteiger partial charge is 0.416 e. The standard InChI is InChI=1S/C27H32F3NO3/c1-18(2)3-12-24(21-6-4-19(17-32)5-7-21)31-14-13-20(16-26(33)34)15-25(31)22-8-10-23(11-9-22)27(28,29)30/h4-11,17-18,20,24-25H,3,12-16H2,1-2H3,(H,33,34)/t20-,24-,25+/m1/s1. The highest BCUT2D eigenvalue weighted by molar-refractivity contribution is 5.74. The van der Waals surface area contributed by atoms with Gasteiger partial charge < -0.3 is 5.11 Å². The molecule has 0 spiro atoms. The average Bonchev–Trinajstić information content (AvgIpc) is 2.79. The fourth-order valence-electron chi connectivity index (χ4n) is 4.90. The number of carboxylic acid groups (broad SMARTS) is 1. The van der Waals surface area contributed by atoms with Gasteiger partial charge in [-0.05, 0) is 67.3 Å². The monoisotopic (exact) mass is 475 g/mol. The lowest BCUT2D eigenvalue weighted by atomic mass is 9.82. The molecule has 1 N–H and O–H groups in total. The lowest BCUT2D eigenvalue weighted by Gasteiger charge is -2.44. The van der Waals surface area contributed by atoms with Crippen molar-refractivity contribution in [3.8, 4) is 0 Å². The zero-order valence-electron chi connectivity index (χ0n) is 19.6. The number of halogens is 3. The number of hydrogen-bond donors (Lipinski definition) is 1. The van der Waals surface area contributed by atoms with Crippen LogP contribution in [0.4, 0.5) is 13.2 Å². The highest BCUT2D eigenvalue weighted by atomic mass is 19.4. The van der Waals surface area contributed by atoms with E-state index in [0.29, 0.717) is 30.9 Å². The largest absolute Gasteiger partial charge is 0.481 e. The van der Waals surface area contributed by atoms with Crippen LogP contribution < -0.4 is 0 Å². The van der Waals surface area contributed by atoms with Gasteiger partial charge >= 0.3 is 12.1 Å². The molecule has 34 heavy (non-hydrogen) atoms. The quantitative estimate of drug-likeness (QED) is 0.400. The van der Waals surface area contributed by atoms with Gasteiger partial charge in [-0.1, -0.05) is 50.2 Å². The molecule has 1 saturated heterocycles. The van der Waals surface area contributed by atoms with E-state index in [1.807, 2.05) is 12.1 Å². The van der Waals surface area contributed by atoms with E-state index in [-0.39, 0.29) is 24.4 Å². The van der Waals surface area contributed by atoms with Gasteiger partial charge in [0.1, 0.15) is 6.29 Å². The van der Waals surface area contributed by atoms with E-state index in [0.717, 1.165) is 42.4 Å². The SMILES string of the molecule is CC(C)CC[C@H](c1ccc(C=O)cc1)N1CC[C@@H](CC(=O)O)C[C@H]1c1ccc(C(F)(F)F)cc1. The minimum Gasteiger partial charge on any atom is -0.481 e. The summed E-state index contributed by atoms with van der Waals surface area (Å²) in [5.74, 6) is -0.416. The Balaban J connectivity index is 1.97. The molecule has 2 aromatic rings. The lowest BCUT2D eigenvalue weighted by molar-refractivity contribution is -0.139. The molecule has 0 aromatic heterocycles. The molecular formula is C27H32F3NO3. The second kappa shape index (κ2) is 11.2. The lowest BCUT2D eigenvalue weighted by Crippen LogP contribution is -2.40. The molecule has 0 unspecified atom stereocenters. The zero-order valence-corrected chi connectivity index (χ0v) is 19.6. The van der Waals surface area contributed by atoms with Gasteiger partial charge in [-0.15, -0.1) is 0 Å². The number of carbonyl (C=O) groups is 2. The summed E-state index contributed by atoms with van der Waals surface area (Å²) in [5.41, 5.74) is 1.72. The first-order valence-corrected chi connectivity index (χ1v) is 11.8. The second-order valence-corrected chi connectivity index (χ2v) is 9.63. The predicted octanol–water partition coefficient (Wildman–Crippen LogP) is 6.92. The Morgan fingerprint density at radius 3 is 2.26 bits per heavy atom. The molecule has 3 rings (SSSR count). The number of aldehydes is 1. The van der Waals surface area contributed by atoms with Crippen molar-refractivity contribution in [3.05, 3.63) is 70.8 Å². The van der Waals surface area contributed by atoms with Crippen LogP contribution in [0.1, 0.15) is 85.1 Å². The number of benzene rings is 2. The van der Waals surface area contributed by atoms with Crippen molar-refractivity contribution < 1.29 is 27.9 Å². The Kier molecular flexibility index (Phi) is 8.52. The molecule has 0 saturated carbocycles. The van der Waals surface area contributed by atoms with Crippen molar-refractivity contribution in [1.82, 2.24) is 4.90 Å². The molecule has 7 heteroatoms. The van der Waals surface area contributed by atoms with Gasteiger partial charge in [-0.2, -0.15) is 13.2 Å². The molecule has 0 amide bonds. The molecule has 1 heterocycles. The fourth-order valence-corrected chi connectivity index (χ4v) is 4.90. The minimum atomic E-state index is -4.41. The molecular weight excluding hydrogens is 443 g/mol. The van der Waals surface area contributed by atoms with E-state index < -0.39 is 17.7 Å². The first kappa shape index (κ1) is 25.9. The number of hydrogen-bond acceptors (Lipinski definition) is 3. The number of aliphatic carboxylic acids is 1. The summed E-state index contributed by atoms with van der Waals surface area (Å²) in [5, 5.41) is 9.33. The normalized spacial score (nSPS) is 20.3. The Hall–Kier alpha value is -2.67. The first-order chi connectivity index (χ1) is 16.1. The Morgan fingerprint density at radius 2 is 1.74 bits per heavy atom. The van der Waals surface area contributed by atoms with Crippen molar-refractivity contribution >= 4 is 12.3 Å². The summed E-state index contributed by atoms with van der Waals surface area (Å²) in [7, 11) is 0. The molecule has 1 aliphatic rings. The number of piperidine rings is 1. The summed E-state index contributed by atoms with van der Waals surface area (Å²) in [6, 6.07) is 12.6. The molecule has 0 aliphatic carbocycles. The van der Waals surface area contributed by atoms with Crippen LogP contribution in [-0.2, 0) is 11.0 Å². The third-order valence-corrected chi connectivity index (χ3v) is 6.71. The molecule has 1 aliphatic heterocycles. The summed E-state index contributed by atoms with van der Waals surface area (Å²) in [6.07, 6.45) is -0.439. The molecule has 4 nitrogen and oxygen atoms in total. The van der Waals surface area contributed by atoms with E-state index in [9.17, 15) is 27.9 Å². The molecule has 0 bridgehead atoms. The maximum atomic E-state index is 13.1. The highest BCUT2D eigenvalue weighted by Crippen LogP contribution is 2.43. The summed E-state index contributed by atoms with van der Waals surface area (Å²) >= 11 is 0. The molecule has 2 aromatic carbocycles. The number of likely N-dealkylation sites (tertiary alicyclic amines) is 1. The van der Waals surface area contributed by atoms with E-state index in [4.69, 9.17) is 0 Å². The predicted molar refractivity (Wildman–Crippen MR) is 125 cm³/mol. The van der Waals surface area contributed by atoms with Crippen molar-refractivity contribution in [3.63, 3.8) is 0 Å². The summed E-state index contributed by atoms with van der Waals surface area (Å²) in [4.78, 5) is 24.8. The number of carbonyl (C=O) groups excluding carboxylic acids is 1. The van der Waals surface area contributed by atoms with Gasteiger partial charge in [0.05, 0.1) is 5.56 Å². The van der Waals surface area contributed by atoms with Crippen LogP contribution in [0.5, 0.6) is 0 Å². The van der Waals surface area contributed by atoms with Crippen molar-refractivity contribution in [2.45, 2.75) is 64.2 Å². The molecule has 184 valence electrons.